The van der Waals surface area contributed by atoms with E-state index in [2.05, 4.69) is 16.8 Å². The maximum absolute atomic E-state index is 12.8. The third-order valence-corrected chi connectivity index (χ3v) is 4.98. The van der Waals surface area contributed by atoms with Crippen LogP contribution in [-0.2, 0) is 9.53 Å². The molecule has 0 bridgehead atoms. The molecule has 6 heteroatoms. The average Bonchev–Trinajstić information content (AvgIpc) is 2.67. The first-order valence-corrected chi connectivity index (χ1v) is 8.74. The molecule has 128 valence electrons. The van der Waals surface area contributed by atoms with Crippen molar-refractivity contribution in [3.8, 4) is 6.07 Å². The zero-order chi connectivity index (χ0) is 16.9. The Balaban J connectivity index is 1.58. The molecular weight excluding hydrogens is 304 g/mol. The van der Waals surface area contributed by atoms with Gasteiger partial charge in [0.1, 0.15) is 11.8 Å². The predicted octanol–water partition coefficient (Wildman–Crippen LogP) is 1.81. The summed E-state index contributed by atoms with van der Waals surface area (Å²) in [5.74, 6) is 0.269. The van der Waals surface area contributed by atoms with E-state index in [4.69, 9.17) is 10.00 Å². The number of rotatable bonds is 3. The lowest BCUT2D eigenvalue weighted by Crippen LogP contribution is -2.52. The highest BCUT2D eigenvalue weighted by Gasteiger charge is 2.34. The molecular formula is C18H24N4O2. The van der Waals surface area contributed by atoms with E-state index in [1.807, 2.05) is 17.0 Å². The van der Waals surface area contributed by atoms with Gasteiger partial charge in [0, 0.05) is 32.8 Å². The van der Waals surface area contributed by atoms with Gasteiger partial charge in [-0.3, -0.25) is 4.79 Å². The van der Waals surface area contributed by atoms with Crippen LogP contribution in [0, 0.1) is 17.2 Å². The third-order valence-electron chi connectivity index (χ3n) is 4.98. The number of hydrogen-bond acceptors (Lipinski definition) is 5. The number of pyridine rings is 1. The van der Waals surface area contributed by atoms with Crippen LogP contribution >= 0.6 is 0 Å². The molecule has 3 rings (SSSR count). The molecule has 6 nitrogen and oxygen atoms in total. The number of amides is 1. The molecule has 1 aromatic heterocycles. The normalized spacial score (nSPS) is 24.5. The lowest BCUT2D eigenvalue weighted by atomic mass is 9.91. The Morgan fingerprint density at radius 2 is 2.17 bits per heavy atom. The number of carbonyl (C=O) groups excluding carboxylic acids is 1. The average molecular weight is 328 g/mol. The Morgan fingerprint density at radius 1 is 1.38 bits per heavy atom. The van der Waals surface area contributed by atoms with Crippen LogP contribution in [-0.4, -0.2) is 54.7 Å². The van der Waals surface area contributed by atoms with Gasteiger partial charge in [0.2, 0.25) is 5.91 Å². The SMILES string of the molecule is CC[C@H]1OCCC[C@H]1C(=O)N1CCN(c2ccc(C#N)nc2)CC1. The fourth-order valence-corrected chi connectivity index (χ4v) is 3.58. The van der Waals surface area contributed by atoms with Gasteiger partial charge < -0.3 is 14.5 Å². The minimum Gasteiger partial charge on any atom is -0.377 e. The standard InChI is InChI=1S/C18H24N4O2/c1-2-17-16(4-3-11-24-17)18(23)22-9-7-21(8-10-22)15-6-5-14(12-19)20-13-15/h5-6,13,16-17H,2-4,7-11H2,1H3/t16-,17-/m1/s1. The van der Waals surface area contributed by atoms with E-state index in [0.717, 1.165) is 57.7 Å². The third kappa shape index (κ3) is 3.51. The van der Waals surface area contributed by atoms with Gasteiger partial charge in [0.15, 0.2) is 0 Å². The first kappa shape index (κ1) is 16.7. The number of ether oxygens (including phenoxy) is 1. The number of nitrogens with zero attached hydrogens (tertiary/aromatic N) is 4. The van der Waals surface area contributed by atoms with Crippen molar-refractivity contribution in [3.05, 3.63) is 24.0 Å². The molecule has 3 heterocycles. The lowest BCUT2D eigenvalue weighted by Gasteiger charge is -2.39. The second-order valence-electron chi connectivity index (χ2n) is 6.39. The maximum Gasteiger partial charge on any atom is 0.228 e. The van der Waals surface area contributed by atoms with Crippen LogP contribution in [0.1, 0.15) is 31.9 Å². The molecule has 2 fully saturated rings. The van der Waals surface area contributed by atoms with Gasteiger partial charge in [-0.25, -0.2) is 4.98 Å². The lowest BCUT2D eigenvalue weighted by molar-refractivity contribution is -0.145. The molecule has 0 aromatic carbocycles. The summed E-state index contributed by atoms with van der Waals surface area (Å²) in [6, 6.07) is 5.69. The number of carbonyl (C=O) groups is 1. The van der Waals surface area contributed by atoms with Crippen molar-refractivity contribution in [1.29, 1.82) is 5.26 Å². The number of hydrogen-bond donors (Lipinski definition) is 0. The van der Waals surface area contributed by atoms with Crippen LogP contribution in [0.3, 0.4) is 0 Å². The number of piperazine rings is 1. The summed E-state index contributed by atoms with van der Waals surface area (Å²) in [5, 5.41) is 8.82. The van der Waals surface area contributed by atoms with Gasteiger partial charge in [0.05, 0.1) is 23.9 Å². The van der Waals surface area contributed by atoms with Crippen molar-refractivity contribution in [2.45, 2.75) is 32.3 Å². The molecule has 0 saturated carbocycles. The fourth-order valence-electron chi connectivity index (χ4n) is 3.58. The van der Waals surface area contributed by atoms with Crippen molar-refractivity contribution >= 4 is 11.6 Å². The van der Waals surface area contributed by atoms with Gasteiger partial charge in [-0.2, -0.15) is 5.26 Å². The second-order valence-corrected chi connectivity index (χ2v) is 6.39. The molecule has 0 aliphatic carbocycles. The van der Waals surface area contributed by atoms with Crippen LogP contribution in [0.25, 0.3) is 0 Å². The minimum absolute atomic E-state index is 0.0203. The monoisotopic (exact) mass is 328 g/mol. The van der Waals surface area contributed by atoms with E-state index in [9.17, 15) is 4.79 Å². The van der Waals surface area contributed by atoms with Crippen LogP contribution in [0.2, 0.25) is 0 Å². The summed E-state index contributed by atoms with van der Waals surface area (Å²) in [6.07, 6.45) is 4.62. The second kappa shape index (κ2) is 7.63. The summed E-state index contributed by atoms with van der Waals surface area (Å²) in [5.41, 5.74) is 1.43. The number of nitriles is 1. The Kier molecular flexibility index (Phi) is 5.31. The van der Waals surface area contributed by atoms with Gasteiger partial charge >= 0.3 is 0 Å². The zero-order valence-corrected chi connectivity index (χ0v) is 14.1. The highest BCUT2D eigenvalue weighted by atomic mass is 16.5. The van der Waals surface area contributed by atoms with Gasteiger partial charge in [-0.05, 0) is 31.4 Å². The Hall–Kier alpha value is -2.13. The molecule has 1 aromatic rings. The summed E-state index contributed by atoms with van der Waals surface area (Å²) >= 11 is 0. The molecule has 2 aliphatic rings. The minimum atomic E-state index is 0.0203. The first-order chi connectivity index (χ1) is 11.7. The highest BCUT2D eigenvalue weighted by Crippen LogP contribution is 2.26. The molecule has 0 spiro atoms. The Labute approximate surface area is 143 Å². The Morgan fingerprint density at radius 3 is 2.79 bits per heavy atom. The highest BCUT2D eigenvalue weighted by molar-refractivity contribution is 5.80. The largest absolute Gasteiger partial charge is 0.377 e. The molecule has 2 atom stereocenters. The number of anilines is 1. The van der Waals surface area contributed by atoms with Gasteiger partial charge in [0.25, 0.3) is 0 Å². The maximum atomic E-state index is 12.8. The quantitative estimate of drug-likeness (QED) is 0.846. The van der Waals surface area contributed by atoms with Crippen LogP contribution in [0.15, 0.2) is 18.3 Å². The first-order valence-electron chi connectivity index (χ1n) is 8.74. The molecule has 2 aliphatic heterocycles. The van der Waals surface area contributed by atoms with Crippen LogP contribution in [0.5, 0.6) is 0 Å². The van der Waals surface area contributed by atoms with Gasteiger partial charge in [-0.15, -0.1) is 0 Å². The smallest absolute Gasteiger partial charge is 0.228 e. The van der Waals surface area contributed by atoms with Crippen molar-refractivity contribution < 1.29 is 9.53 Å². The summed E-state index contributed by atoms with van der Waals surface area (Å²) in [4.78, 5) is 21.1. The summed E-state index contributed by atoms with van der Waals surface area (Å²) in [7, 11) is 0. The van der Waals surface area contributed by atoms with Crippen molar-refractivity contribution in [2.24, 2.45) is 5.92 Å². The van der Waals surface area contributed by atoms with E-state index >= 15 is 0 Å². The van der Waals surface area contributed by atoms with E-state index in [0.29, 0.717) is 5.69 Å². The molecule has 2 saturated heterocycles. The fraction of sp³-hybridized carbons (Fsp3) is 0.611. The molecule has 0 N–H and O–H groups in total. The summed E-state index contributed by atoms with van der Waals surface area (Å²) in [6.45, 7) is 5.92. The summed E-state index contributed by atoms with van der Waals surface area (Å²) < 4.78 is 5.77. The van der Waals surface area contributed by atoms with Gasteiger partial charge in [-0.1, -0.05) is 6.92 Å². The van der Waals surface area contributed by atoms with E-state index < -0.39 is 0 Å². The van der Waals surface area contributed by atoms with Crippen LogP contribution < -0.4 is 4.90 Å². The molecule has 0 unspecified atom stereocenters. The van der Waals surface area contributed by atoms with E-state index in [1.54, 1.807) is 12.3 Å². The van der Waals surface area contributed by atoms with Crippen molar-refractivity contribution in [2.75, 3.05) is 37.7 Å². The topological polar surface area (TPSA) is 69.5 Å². The van der Waals surface area contributed by atoms with Crippen LogP contribution in [0.4, 0.5) is 5.69 Å². The Bertz CT molecular complexity index is 602. The predicted molar refractivity (Wildman–Crippen MR) is 90.5 cm³/mol. The van der Waals surface area contributed by atoms with Crippen molar-refractivity contribution in [3.63, 3.8) is 0 Å². The van der Waals surface area contributed by atoms with E-state index in [1.165, 1.54) is 0 Å². The molecule has 0 radical (unpaired) electrons. The zero-order valence-electron chi connectivity index (χ0n) is 14.1. The molecule has 1 amide bonds. The van der Waals surface area contributed by atoms with E-state index in [-0.39, 0.29) is 17.9 Å². The van der Waals surface area contributed by atoms with Crippen molar-refractivity contribution in [1.82, 2.24) is 9.88 Å². The molecule has 24 heavy (non-hydrogen) atoms. The number of aromatic nitrogens is 1.